The Morgan fingerprint density at radius 2 is 2.35 bits per heavy atom. The SMILES string of the molecule is C=CC1=C(C(=C)C)SCc2ncccc2C1=O. The molecule has 0 bridgehead atoms. The Labute approximate surface area is 105 Å². The van der Waals surface area contributed by atoms with E-state index >= 15 is 0 Å². The molecule has 1 aromatic rings. The number of hydrogen-bond acceptors (Lipinski definition) is 3. The highest BCUT2D eigenvalue weighted by Gasteiger charge is 2.23. The molecule has 1 aliphatic heterocycles. The first-order valence-electron chi connectivity index (χ1n) is 5.29. The van der Waals surface area contributed by atoms with Crippen LogP contribution in [0.4, 0.5) is 0 Å². The smallest absolute Gasteiger partial charge is 0.196 e. The summed E-state index contributed by atoms with van der Waals surface area (Å²) in [5.41, 5.74) is 3.03. The Balaban J connectivity index is 2.60. The first-order chi connectivity index (χ1) is 8.15. The van der Waals surface area contributed by atoms with Gasteiger partial charge in [0.2, 0.25) is 0 Å². The Kier molecular flexibility index (Phi) is 3.29. The number of thioether (sulfide) groups is 1. The van der Waals surface area contributed by atoms with Crippen LogP contribution in [0.3, 0.4) is 0 Å². The summed E-state index contributed by atoms with van der Waals surface area (Å²) < 4.78 is 0. The van der Waals surface area contributed by atoms with E-state index in [1.54, 1.807) is 30.1 Å². The van der Waals surface area contributed by atoms with Gasteiger partial charge in [-0.25, -0.2) is 0 Å². The third kappa shape index (κ3) is 2.11. The van der Waals surface area contributed by atoms with Gasteiger partial charge in [0.15, 0.2) is 5.78 Å². The molecule has 0 spiro atoms. The van der Waals surface area contributed by atoms with Crippen LogP contribution in [0, 0.1) is 0 Å². The number of carbonyl (C=O) groups is 1. The number of aromatic nitrogens is 1. The lowest BCUT2D eigenvalue weighted by Gasteiger charge is -2.06. The highest BCUT2D eigenvalue weighted by Crippen LogP contribution is 2.35. The number of rotatable bonds is 2. The molecule has 0 aliphatic carbocycles. The monoisotopic (exact) mass is 243 g/mol. The molecule has 0 unspecified atom stereocenters. The van der Waals surface area contributed by atoms with Crippen LogP contribution in [0.15, 0.2) is 53.6 Å². The van der Waals surface area contributed by atoms with Gasteiger partial charge >= 0.3 is 0 Å². The zero-order valence-electron chi connectivity index (χ0n) is 9.69. The van der Waals surface area contributed by atoms with Crippen LogP contribution in [0.2, 0.25) is 0 Å². The van der Waals surface area contributed by atoms with Gasteiger partial charge in [0.25, 0.3) is 0 Å². The summed E-state index contributed by atoms with van der Waals surface area (Å²) in [6, 6.07) is 3.60. The lowest BCUT2D eigenvalue weighted by molar-refractivity contribution is 0.103. The topological polar surface area (TPSA) is 30.0 Å². The Morgan fingerprint density at radius 1 is 1.59 bits per heavy atom. The first-order valence-corrected chi connectivity index (χ1v) is 6.27. The van der Waals surface area contributed by atoms with Gasteiger partial charge in [-0.05, 0) is 24.6 Å². The first kappa shape index (κ1) is 11.9. The normalized spacial score (nSPS) is 15.2. The predicted molar refractivity (Wildman–Crippen MR) is 71.9 cm³/mol. The number of ketones is 1. The third-order valence-electron chi connectivity index (χ3n) is 2.57. The Hall–Kier alpha value is -1.61. The van der Waals surface area contributed by atoms with E-state index in [0.29, 0.717) is 16.9 Å². The lowest BCUT2D eigenvalue weighted by Crippen LogP contribution is -2.05. The van der Waals surface area contributed by atoms with Crippen molar-refractivity contribution in [1.82, 2.24) is 4.98 Å². The molecule has 1 aromatic heterocycles. The molecule has 1 aliphatic rings. The summed E-state index contributed by atoms with van der Waals surface area (Å²) in [7, 11) is 0. The number of carbonyl (C=O) groups excluding carboxylic acids is 1. The summed E-state index contributed by atoms with van der Waals surface area (Å²) in [6.07, 6.45) is 3.33. The minimum absolute atomic E-state index is 0.00824. The van der Waals surface area contributed by atoms with Crippen LogP contribution in [-0.2, 0) is 5.75 Å². The number of pyridine rings is 1. The second kappa shape index (κ2) is 4.72. The van der Waals surface area contributed by atoms with Gasteiger partial charge in [0.05, 0.1) is 5.69 Å². The van der Waals surface area contributed by atoms with Crippen LogP contribution >= 0.6 is 11.8 Å². The Bertz CT molecular complexity index is 543. The van der Waals surface area contributed by atoms with Gasteiger partial charge in [-0.3, -0.25) is 9.78 Å². The minimum Gasteiger partial charge on any atom is -0.288 e. The van der Waals surface area contributed by atoms with Crippen LogP contribution in [0.1, 0.15) is 23.0 Å². The van der Waals surface area contributed by atoms with Gasteiger partial charge in [0, 0.05) is 28.0 Å². The van der Waals surface area contributed by atoms with E-state index in [-0.39, 0.29) is 5.78 Å². The quantitative estimate of drug-likeness (QED) is 0.796. The van der Waals surface area contributed by atoms with Crippen molar-refractivity contribution in [1.29, 1.82) is 0 Å². The van der Waals surface area contributed by atoms with E-state index in [4.69, 9.17) is 0 Å². The van der Waals surface area contributed by atoms with Crippen LogP contribution in [-0.4, -0.2) is 10.8 Å². The molecular weight excluding hydrogens is 230 g/mol. The van der Waals surface area contributed by atoms with Gasteiger partial charge < -0.3 is 0 Å². The van der Waals surface area contributed by atoms with Crippen molar-refractivity contribution in [2.45, 2.75) is 12.7 Å². The molecule has 0 saturated carbocycles. The van der Waals surface area contributed by atoms with Crippen molar-refractivity contribution in [3.05, 3.63) is 64.9 Å². The van der Waals surface area contributed by atoms with E-state index in [9.17, 15) is 4.79 Å². The highest BCUT2D eigenvalue weighted by molar-refractivity contribution is 8.02. The fourth-order valence-electron chi connectivity index (χ4n) is 1.76. The number of nitrogens with zero attached hydrogens (tertiary/aromatic N) is 1. The third-order valence-corrected chi connectivity index (χ3v) is 3.84. The molecule has 0 N–H and O–H groups in total. The predicted octanol–water partition coefficient (Wildman–Crippen LogP) is 3.53. The summed E-state index contributed by atoms with van der Waals surface area (Å²) in [5.74, 6) is 0.688. The molecule has 0 fully saturated rings. The summed E-state index contributed by atoms with van der Waals surface area (Å²) in [6.45, 7) is 9.55. The van der Waals surface area contributed by atoms with Crippen molar-refractivity contribution in [3.8, 4) is 0 Å². The maximum Gasteiger partial charge on any atom is 0.196 e. The lowest BCUT2D eigenvalue weighted by atomic mass is 10.0. The van der Waals surface area contributed by atoms with Crippen molar-refractivity contribution in [3.63, 3.8) is 0 Å². The molecule has 0 atom stereocenters. The second-order valence-electron chi connectivity index (χ2n) is 3.84. The zero-order valence-corrected chi connectivity index (χ0v) is 10.5. The number of allylic oxidation sites excluding steroid dienone is 3. The molecule has 2 rings (SSSR count). The molecule has 0 saturated heterocycles. The summed E-state index contributed by atoms with van der Waals surface area (Å²) in [5, 5.41) is 0. The number of hydrogen-bond donors (Lipinski definition) is 0. The molecule has 3 heteroatoms. The van der Waals surface area contributed by atoms with Gasteiger partial charge in [-0.2, -0.15) is 0 Å². The van der Waals surface area contributed by atoms with Gasteiger partial charge in [-0.15, -0.1) is 11.8 Å². The molecule has 0 amide bonds. The van der Waals surface area contributed by atoms with Crippen LogP contribution < -0.4 is 0 Å². The molecule has 2 heterocycles. The van der Waals surface area contributed by atoms with Crippen molar-refractivity contribution in [2.75, 3.05) is 0 Å². The number of Topliss-reactive ketones (excluding diaryl/α,β-unsaturated/α-hetero) is 1. The van der Waals surface area contributed by atoms with E-state index in [1.807, 2.05) is 13.0 Å². The molecule has 0 aromatic carbocycles. The average Bonchev–Trinajstić information content (AvgIpc) is 2.47. The van der Waals surface area contributed by atoms with E-state index < -0.39 is 0 Å². The minimum atomic E-state index is -0.00824. The average molecular weight is 243 g/mol. The van der Waals surface area contributed by atoms with Crippen LogP contribution in [0.25, 0.3) is 0 Å². The zero-order chi connectivity index (χ0) is 12.4. The fourth-order valence-corrected chi connectivity index (χ4v) is 2.85. The maximum atomic E-state index is 12.4. The molecular formula is C14H13NOS. The summed E-state index contributed by atoms with van der Waals surface area (Å²) >= 11 is 1.60. The second-order valence-corrected chi connectivity index (χ2v) is 4.83. The Morgan fingerprint density at radius 3 is 3.00 bits per heavy atom. The largest absolute Gasteiger partial charge is 0.288 e. The van der Waals surface area contributed by atoms with Gasteiger partial charge in [-0.1, -0.05) is 19.2 Å². The molecule has 2 nitrogen and oxygen atoms in total. The van der Waals surface area contributed by atoms with E-state index in [2.05, 4.69) is 18.1 Å². The standard InChI is InChI=1S/C14H13NOS/c1-4-10-13(16)11-6-5-7-15-12(11)8-17-14(10)9(2)3/h4-7H,1-2,8H2,3H3. The van der Waals surface area contributed by atoms with Crippen LogP contribution in [0.5, 0.6) is 0 Å². The van der Waals surface area contributed by atoms with E-state index in [0.717, 1.165) is 16.2 Å². The summed E-state index contributed by atoms with van der Waals surface area (Å²) in [4.78, 5) is 17.5. The molecule has 86 valence electrons. The highest BCUT2D eigenvalue weighted by atomic mass is 32.2. The number of fused-ring (bicyclic) bond motifs is 1. The van der Waals surface area contributed by atoms with Gasteiger partial charge in [0.1, 0.15) is 0 Å². The van der Waals surface area contributed by atoms with Crippen molar-refractivity contribution in [2.24, 2.45) is 0 Å². The molecule has 0 radical (unpaired) electrons. The van der Waals surface area contributed by atoms with Crippen molar-refractivity contribution < 1.29 is 4.79 Å². The fraction of sp³-hybridized carbons (Fsp3) is 0.143. The van der Waals surface area contributed by atoms with Crippen molar-refractivity contribution >= 4 is 17.5 Å². The maximum absolute atomic E-state index is 12.4. The van der Waals surface area contributed by atoms with E-state index in [1.165, 1.54) is 0 Å². The molecule has 17 heavy (non-hydrogen) atoms.